The van der Waals surface area contributed by atoms with Gasteiger partial charge in [-0.15, -0.1) is 0 Å². The molecule has 0 spiro atoms. The van der Waals surface area contributed by atoms with Crippen molar-refractivity contribution in [2.24, 2.45) is 5.41 Å². The molecule has 2 aromatic rings. The van der Waals surface area contributed by atoms with E-state index in [-0.39, 0.29) is 16.0 Å². The highest BCUT2D eigenvalue weighted by Gasteiger charge is 2.28. The summed E-state index contributed by atoms with van der Waals surface area (Å²) in [6, 6.07) is 9.80. The molecule has 1 aromatic heterocycles. The SMILES string of the molecule is CC1(C)CCCN(c2cnn(Cc3ccccc3)c(=O)c2Cl)C1. The van der Waals surface area contributed by atoms with E-state index in [9.17, 15) is 4.79 Å². The van der Waals surface area contributed by atoms with E-state index >= 15 is 0 Å². The van der Waals surface area contributed by atoms with Crippen LogP contribution in [0.1, 0.15) is 32.3 Å². The molecule has 1 aliphatic rings. The Balaban J connectivity index is 1.87. The van der Waals surface area contributed by atoms with Crippen LogP contribution in [0, 0.1) is 5.41 Å². The summed E-state index contributed by atoms with van der Waals surface area (Å²) in [6.45, 7) is 6.75. The summed E-state index contributed by atoms with van der Waals surface area (Å²) < 4.78 is 1.43. The lowest BCUT2D eigenvalue weighted by Crippen LogP contribution is -2.41. The molecule has 0 aliphatic carbocycles. The van der Waals surface area contributed by atoms with Crippen molar-refractivity contribution >= 4 is 17.3 Å². The van der Waals surface area contributed by atoms with Crippen LogP contribution in [-0.2, 0) is 6.54 Å². The molecule has 4 nitrogen and oxygen atoms in total. The number of nitrogens with zero attached hydrogens (tertiary/aromatic N) is 3. The van der Waals surface area contributed by atoms with E-state index in [1.165, 1.54) is 11.1 Å². The smallest absolute Gasteiger partial charge is 0.287 e. The average Bonchev–Trinajstić information content (AvgIpc) is 2.52. The number of anilines is 1. The molecule has 0 atom stereocenters. The van der Waals surface area contributed by atoms with Gasteiger partial charge in [0.15, 0.2) is 0 Å². The Morgan fingerprint density at radius 2 is 2.00 bits per heavy atom. The summed E-state index contributed by atoms with van der Waals surface area (Å²) in [5, 5.41) is 4.61. The number of benzene rings is 1. The van der Waals surface area contributed by atoms with Crippen LogP contribution in [0.15, 0.2) is 41.3 Å². The lowest BCUT2D eigenvalue weighted by atomic mass is 9.84. The maximum atomic E-state index is 12.5. The van der Waals surface area contributed by atoms with Crippen molar-refractivity contribution in [2.75, 3.05) is 18.0 Å². The standard InChI is InChI=1S/C18H22ClN3O/c1-18(2)9-6-10-21(13-18)15-11-20-22(17(23)16(15)19)12-14-7-4-3-5-8-14/h3-5,7-8,11H,6,9-10,12-13H2,1-2H3. The fourth-order valence-corrected chi connectivity index (χ4v) is 3.44. The van der Waals surface area contributed by atoms with Crippen LogP contribution in [-0.4, -0.2) is 22.9 Å². The van der Waals surface area contributed by atoms with Crippen LogP contribution in [0.4, 0.5) is 5.69 Å². The molecule has 5 heteroatoms. The van der Waals surface area contributed by atoms with Gasteiger partial charge in [-0.2, -0.15) is 5.10 Å². The summed E-state index contributed by atoms with van der Waals surface area (Å²) in [5.74, 6) is 0. The fraction of sp³-hybridized carbons (Fsp3) is 0.444. The summed E-state index contributed by atoms with van der Waals surface area (Å²) in [4.78, 5) is 14.7. The van der Waals surface area contributed by atoms with Gasteiger partial charge in [-0.1, -0.05) is 55.8 Å². The molecule has 0 radical (unpaired) electrons. The molecule has 0 unspecified atom stereocenters. The molecular formula is C18H22ClN3O. The van der Waals surface area contributed by atoms with Gasteiger partial charge >= 0.3 is 0 Å². The summed E-state index contributed by atoms with van der Waals surface area (Å²) >= 11 is 6.38. The summed E-state index contributed by atoms with van der Waals surface area (Å²) in [5.41, 5.74) is 1.80. The molecule has 2 heterocycles. The number of halogens is 1. The van der Waals surface area contributed by atoms with Gasteiger partial charge in [-0.3, -0.25) is 4.79 Å². The van der Waals surface area contributed by atoms with Gasteiger partial charge in [0.25, 0.3) is 5.56 Å². The van der Waals surface area contributed by atoms with Crippen LogP contribution < -0.4 is 10.5 Å². The Morgan fingerprint density at radius 3 is 2.70 bits per heavy atom. The highest BCUT2D eigenvalue weighted by atomic mass is 35.5. The van der Waals surface area contributed by atoms with Crippen molar-refractivity contribution in [1.29, 1.82) is 0 Å². The van der Waals surface area contributed by atoms with Crippen molar-refractivity contribution < 1.29 is 0 Å². The van der Waals surface area contributed by atoms with Crippen molar-refractivity contribution in [3.8, 4) is 0 Å². The molecule has 1 fully saturated rings. The van der Waals surface area contributed by atoms with E-state index in [2.05, 4.69) is 23.8 Å². The molecule has 0 bridgehead atoms. The molecule has 122 valence electrons. The first-order valence-electron chi connectivity index (χ1n) is 8.01. The number of piperidine rings is 1. The molecule has 23 heavy (non-hydrogen) atoms. The summed E-state index contributed by atoms with van der Waals surface area (Å²) in [7, 11) is 0. The maximum absolute atomic E-state index is 12.5. The minimum atomic E-state index is -0.226. The minimum absolute atomic E-state index is 0.226. The monoisotopic (exact) mass is 331 g/mol. The average molecular weight is 332 g/mol. The highest BCUT2D eigenvalue weighted by Crippen LogP contribution is 2.33. The van der Waals surface area contributed by atoms with Gasteiger partial charge in [0, 0.05) is 13.1 Å². The third kappa shape index (κ3) is 3.58. The predicted octanol–water partition coefficient (Wildman–Crippen LogP) is 3.57. The van der Waals surface area contributed by atoms with Crippen LogP contribution in [0.2, 0.25) is 5.02 Å². The zero-order chi connectivity index (χ0) is 16.4. The lowest BCUT2D eigenvalue weighted by molar-refractivity contribution is 0.293. The van der Waals surface area contributed by atoms with Crippen LogP contribution >= 0.6 is 11.6 Å². The largest absolute Gasteiger partial charge is 0.368 e. The Bertz CT molecular complexity index is 740. The lowest BCUT2D eigenvalue weighted by Gasteiger charge is -2.39. The van der Waals surface area contributed by atoms with Gasteiger partial charge in [0.05, 0.1) is 18.4 Å². The highest BCUT2D eigenvalue weighted by molar-refractivity contribution is 6.33. The van der Waals surface area contributed by atoms with E-state index in [1.54, 1.807) is 6.20 Å². The number of hydrogen-bond acceptors (Lipinski definition) is 3. The fourth-order valence-electron chi connectivity index (χ4n) is 3.17. The first-order chi connectivity index (χ1) is 11.0. The Labute approximate surface area is 141 Å². The van der Waals surface area contributed by atoms with Gasteiger partial charge in [0.2, 0.25) is 0 Å². The van der Waals surface area contributed by atoms with Crippen LogP contribution in [0.5, 0.6) is 0 Å². The third-order valence-corrected chi connectivity index (χ3v) is 4.74. The minimum Gasteiger partial charge on any atom is -0.368 e. The van der Waals surface area contributed by atoms with Gasteiger partial charge in [-0.25, -0.2) is 4.68 Å². The normalized spacial score (nSPS) is 17.3. The van der Waals surface area contributed by atoms with Gasteiger partial charge in [0.1, 0.15) is 5.02 Å². The Kier molecular flexibility index (Phi) is 4.44. The first kappa shape index (κ1) is 16.1. The quantitative estimate of drug-likeness (QED) is 0.863. The van der Waals surface area contributed by atoms with Crippen LogP contribution in [0.3, 0.4) is 0 Å². The topological polar surface area (TPSA) is 38.1 Å². The van der Waals surface area contributed by atoms with E-state index < -0.39 is 0 Å². The molecule has 1 aromatic carbocycles. The first-order valence-corrected chi connectivity index (χ1v) is 8.39. The maximum Gasteiger partial charge on any atom is 0.287 e. The molecule has 0 amide bonds. The van der Waals surface area contributed by atoms with Crippen LogP contribution in [0.25, 0.3) is 0 Å². The molecule has 0 saturated carbocycles. The van der Waals surface area contributed by atoms with Crippen molar-refractivity contribution in [3.63, 3.8) is 0 Å². The molecule has 1 aliphatic heterocycles. The molecule has 1 saturated heterocycles. The number of rotatable bonds is 3. The van der Waals surface area contributed by atoms with E-state index in [1.807, 2.05) is 30.3 Å². The number of hydrogen-bond donors (Lipinski definition) is 0. The van der Waals surface area contributed by atoms with Crippen molar-refractivity contribution in [3.05, 3.63) is 57.5 Å². The second-order valence-corrected chi connectivity index (χ2v) is 7.36. The molecule has 0 N–H and O–H groups in total. The van der Waals surface area contributed by atoms with Crippen molar-refractivity contribution in [2.45, 2.75) is 33.2 Å². The summed E-state index contributed by atoms with van der Waals surface area (Å²) in [6.07, 6.45) is 4.03. The zero-order valence-electron chi connectivity index (χ0n) is 13.6. The molecular weight excluding hydrogens is 310 g/mol. The Hall–Kier alpha value is -1.81. The second kappa shape index (κ2) is 6.36. The second-order valence-electron chi connectivity index (χ2n) is 6.98. The Morgan fingerprint density at radius 1 is 1.26 bits per heavy atom. The zero-order valence-corrected chi connectivity index (χ0v) is 14.4. The number of aromatic nitrogens is 2. The van der Waals surface area contributed by atoms with Gasteiger partial charge in [-0.05, 0) is 23.8 Å². The van der Waals surface area contributed by atoms with E-state index in [4.69, 9.17) is 11.6 Å². The molecule has 3 rings (SSSR count). The third-order valence-electron chi connectivity index (χ3n) is 4.38. The predicted molar refractivity (Wildman–Crippen MR) is 94.3 cm³/mol. The van der Waals surface area contributed by atoms with E-state index in [0.29, 0.717) is 6.54 Å². The van der Waals surface area contributed by atoms with E-state index in [0.717, 1.165) is 30.8 Å². The van der Waals surface area contributed by atoms with Crippen molar-refractivity contribution in [1.82, 2.24) is 9.78 Å². The van der Waals surface area contributed by atoms with Gasteiger partial charge < -0.3 is 4.90 Å².